The Bertz CT molecular complexity index is 1010. The lowest BCUT2D eigenvalue weighted by molar-refractivity contribution is -0.385. The molecule has 0 saturated carbocycles. The number of hydrazone groups is 1. The summed E-state index contributed by atoms with van der Waals surface area (Å²) < 4.78 is 5.76. The lowest BCUT2D eigenvalue weighted by Gasteiger charge is -2.14. The van der Waals surface area contributed by atoms with Crippen molar-refractivity contribution in [3.05, 3.63) is 82.4 Å². The highest BCUT2D eigenvalue weighted by atomic mass is 16.6. The normalized spacial score (nSPS) is 12.0. The van der Waals surface area contributed by atoms with Gasteiger partial charge in [0.2, 0.25) is 0 Å². The zero-order valence-corrected chi connectivity index (χ0v) is 14.5. The summed E-state index contributed by atoms with van der Waals surface area (Å²) in [6.07, 6.45) is 0.444. The van der Waals surface area contributed by atoms with Crippen LogP contribution < -0.4 is 10.2 Å². The third-order valence-corrected chi connectivity index (χ3v) is 3.93. The van der Waals surface area contributed by atoms with Gasteiger partial charge in [0.1, 0.15) is 5.75 Å². The summed E-state index contributed by atoms with van der Waals surface area (Å²) in [7, 11) is 0. The summed E-state index contributed by atoms with van der Waals surface area (Å²) >= 11 is 0. The van der Waals surface area contributed by atoms with E-state index in [0.717, 1.165) is 10.8 Å². The Morgan fingerprint density at radius 1 is 1.11 bits per heavy atom. The Balaban J connectivity index is 1.67. The van der Waals surface area contributed by atoms with Gasteiger partial charge in [-0.3, -0.25) is 14.9 Å². The van der Waals surface area contributed by atoms with Crippen LogP contribution in [0, 0.1) is 10.1 Å². The maximum Gasteiger partial charge on any atom is 0.280 e. The van der Waals surface area contributed by atoms with Crippen LogP contribution in [0.3, 0.4) is 0 Å². The van der Waals surface area contributed by atoms with Crippen LogP contribution >= 0.6 is 0 Å². The molecule has 136 valence electrons. The first-order chi connectivity index (χ1) is 13.1. The number of fused-ring (bicyclic) bond motifs is 1. The van der Waals surface area contributed by atoms with Crippen molar-refractivity contribution in [1.82, 2.24) is 5.43 Å². The van der Waals surface area contributed by atoms with Gasteiger partial charge in [0.25, 0.3) is 11.6 Å². The molecule has 3 rings (SSSR count). The van der Waals surface area contributed by atoms with Gasteiger partial charge in [-0.05, 0) is 24.4 Å². The monoisotopic (exact) mass is 363 g/mol. The van der Waals surface area contributed by atoms with Gasteiger partial charge in [-0.25, -0.2) is 5.43 Å². The van der Waals surface area contributed by atoms with E-state index < -0.39 is 16.9 Å². The molecular weight excluding hydrogens is 346 g/mol. The molecule has 0 spiro atoms. The van der Waals surface area contributed by atoms with Gasteiger partial charge in [-0.2, -0.15) is 5.10 Å². The molecule has 3 aromatic rings. The number of nitrogens with one attached hydrogen (secondary N) is 1. The van der Waals surface area contributed by atoms with Gasteiger partial charge < -0.3 is 4.74 Å². The average Bonchev–Trinajstić information content (AvgIpc) is 2.68. The molecule has 0 bridgehead atoms. The Morgan fingerprint density at radius 2 is 1.81 bits per heavy atom. The summed E-state index contributed by atoms with van der Waals surface area (Å²) in [5, 5.41) is 16.7. The standard InChI is InChI=1S/C20H17N3O4/c1-14(27-19-12-6-9-15-7-2-4-10-17(15)19)20(24)22-21-13-16-8-3-5-11-18(16)23(25)26/h2-14H,1H3,(H,22,24)/b21-13+. The van der Waals surface area contributed by atoms with Crippen molar-refractivity contribution in [3.8, 4) is 5.75 Å². The number of nitro benzene ring substituents is 1. The summed E-state index contributed by atoms with van der Waals surface area (Å²) in [5.74, 6) is 0.135. The SMILES string of the molecule is CC(Oc1cccc2ccccc12)C(=O)N/N=C/c1ccccc1[N+](=O)[O-]. The Morgan fingerprint density at radius 3 is 2.63 bits per heavy atom. The van der Waals surface area contributed by atoms with E-state index in [1.54, 1.807) is 31.2 Å². The zero-order valence-electron chi connectivity index (χ0n) is 14.5. The van der Waals surface area contributed by atoms with E-state index in [1.165, 1.54) is 12.3 Å². The van der Waals surface area contributed by atoms with E-state index in [4.69, 9.17) is 4.74 Å². The van der Waals surface area contributed by atoms with Crippen LogP contribution in [-0.4, -0.2) is 23.1 Å². The summed E-state index contributed by atoms with van der Waals surface area (Å²) in [5.41, 5.74) is 2.56. The number of nitro groups is 1. The van der Waals surface area contributed by atoms with Crippen molar-refractivity contribution in [1.29, 1.82) is 0 Å². The van der Waals surface area contributed by atoms with Gasteiger partial charge in [0.15, 0.2) is 6.10 Å². The quantitative estimate of drug-likeness (QED) is 0.411. The largest absolute Gasteiger partial charge is 0.480 e. The first-order valence-corrected chi connectivity index (χ1v) is 8.27. The number of rotatable bonds is 6. The molecule has 0 aliphatic heterocycles. The first-order valence-electron chi connectivity index (χ1n) is 8.27. The van der Waals surface area contributed by atoms with E-state index >= 15 is 0 Å². The van der Waals surface area contributed by atoms with Crippen LogP contribution in [0.25, 0.3) is 10.8 Å². The second-order valence-corrected chi connectivity index (χ2v) is 5.79. The fourth-order valence-electron chi connectivity index (χ4n) is 2.56. The zero-order chi connectivity index (χ0) is 19.2. The van der Waals surface area contributed by atoms with Crippen molar-refractivity contribution in [2.24, 2.45) is 5.10 Å². The Labute approximate surface area is 155 Å². The van der Waals surface area contributed by atoms with Crippen molar-refractivity contribution < 1.29 is 14.5 Å². The van der Waals surface area contributed by atoms with E-state index in [2.05, 4.69) is 10.5 Å². The maximum absolute atomic E-state index is 12.2. The highest BCUT2D eigenvalue weighted by molar-refractivity contribution is 5.90. The molecule has 7 heteroatoms. The van der Waals surface area contributed by atoms with E-state index in [1.807, 2.05) is 36.4 Å². The van der Waals surface area contributed by atoms with Gasteiger partial charge in [-0.1, -0.05) is 48.5 Å². The maximum atomic E-state index is 12.2. The Hall–Kier alpha value is -3.74. The lowest BCUT2D eigenvalue weighted by atomic mass is 10.1. The van der Waals surface area contributed by atoms with Gasteiger partial charge in [0, 0.05) is 11.5 Å². The molecule has 0 aliphatic carbocycles. The van der Waals surface area contributed by atoms with Crippen molar-refractivity contribution >= 4 is 28.6 Å². The number of carbonyl (C=O) groups excluding carboxylic acids is 1. The minimum atomic E-state index is -0.793. The predicted molar refractivity (Wildman–Crippen MR) is 103 cm³/mol. The van der Waals surface area contributed by atoms with Crippen LogP contribution in [-0.2, 0) is 4.79 Å². The number of carbonyl (C=O) groups is 1. The first kappa shape index (κ1) is 18.1. The molecule has 0 saturated heterocycles. The molecule has 0 aliphatic rings. The number of nitrogens with zero attached hydrogens (tertiary/aromatic N) is 2. The fourth-order valence-corrected chi connectivity index (χ4v) is 2.56. The summed E-state index contributed by atoms with van der Waals surface area (Å²) in [6.45, 7) is 1.61. The number of ether oxygens (including phenoxy) is 1. The third-order valence-electron chi connectivity index (χ3n) is 3.93. The molecule has 1 unspecified atom stereocenters. The van der Waals surface area contributed by atoms with Crippen LogP contribution in [0.1, 0.15) is 12.5 Å². The minimum Gasteiger partial charge on any atom is -0.480 e. The third kappa shape index (κ3) is 4.27. The number of hydrogen-bond acceptors (Lipinski definition) is 5. The van der Waals surface area contributed by atoms with Gasteiger partial charge in [0.05, 0.1) is 16.7 Å². The van der Waals surface area contributed by atoms with Gasteiger partial charge in [-0.15, -0.1) is 0 Å². The second-order valence-electron chi connectivity index (χ2n) is 5.79. The molecule has 1 amide bonds. The van der Waals surface area contributed by atoms with Crippen molar-refractivity contribution in [2.75, 3.05) is 0 Å². The number of amides is 1. The number of hydrogen-bond donors (Lipinski definition) is 1. The molecule has 3 aromatic carbocycles. The van der Waals surface area contributed by atoms with E-state index in [-0.39, 0.29) is 5.69 Å². The summed E-state index contributed by atoms with van der Waals surface area (Å²) in [4.78, 5) is 22.7. The van der Waals surface area contributed by atoms with Gasteiger partial charge >= 0.3 is 0 Å². The molecule has 0 heterocycles. The lowest BCUT2D eigenvalue weighted by Crippen LogP contribution is -2.33. The molecule has 1 N–H and O–H groups in total. The van der Waals surface area contributed by atoms with E-state index in [9.17, 15) is 14.9 Å². The van der Waals surface area contributed by atoms with Crippen molar-refractivity contribution in [3.63, 3.8) is 0 Å². The highest BCUT2D eigenvalue weighted by Crippen LogP contribution is 2.26. The van der Waals surface area contributed by atoms with E-state index in [0.29, 0.717) is 11.3 Å². The van der Waals surface area contributed by atoms with Crippen LogP contribution in [0.4, 0.5) is 5.69 Å². The van der Waals surface area contributed by atoms with Crippen molar-refractivity contribution in [2.45, 2.75) is 13.0 Å². The number of para-hydroxylation sites is 1. The molecule has 0 fully saturated rings. The minimum absolute atomic E-state index is 0.0875. The van der Waals surface area contributed by atoms with Crippen LogP contribution in [0.2, 0.25) is 0 Å². The summed E-state index contributed by atoms with van der Waals surface area (Å²) in [6, 6.07) is 19.5. The highest BCUT2D eigenvalue weighted by Gasteiger charge is 2.16. The van der Waals surface area contributed by atoms with Crippen LogP contribution in [0.15, 0.2) is 71.8 Å². The van der Waals surface area contributed by atoms with Crippen LogP contribution in [0.5, 0.6) is 5.75 Å². The molecule has 0 aromatic heterocycles. The predicted octanol–water partition coefficient (Wildman–Crippen LogP) is 3.67. The molecule has 7 nitrogen and oxygen atoms in total. The second kappa shape index (κ2) is 8.09. The smallest absolute Gasteiger partial charge is 0.280 e. The average molecular weight is 363 g/mol. The topological polar surface area (TPSA) is 93.8 Å². The Kier molecular flexibility index (Phi) is 5.41. The fraction of sp³-hybridized carbons (Fsp3) is 0.100. The molecule has 0 radical (unpaired) electrons. The molecular formula is C20H17N3O4. The number of benzene rings is 3. The molecule has 1 atom stereocenters. The molecule has 27 heavy (non-hydrogen) atoms.